The predicted molar refractivity (Wildman–Crippen MR) is 70.9 cm³/mol. The Hall–Kier alpha value is 0. The Balaban J connectivity index is -0.000000147. The molecule has 0 amide bonds. The van der Waals surface area contributed by atoms with Gasteiger partial charge in [0, 0.05) is 0 Å². The van der Waals surface area contributed by atoms with Crippen LogP contribution in [0.1, 0.15) is 87.0 Å². The molecule has 0 heteroatoms. The molecule has 0 radical (unpaired) electrons. The molecule has 0 aliphatic heterocycles. The molecule has 0 aliphatic carbocycles. The standard InChI is InChI=1S/C7H16.C4H10.C3H8/c1-3-5-7-6-4-2;1-4(2)3;1-3-2/h3-7H2,1-2H3;4H,1-3H3;3H2,1-2H3. The van der Waals surface area contributed by atoms with Crippen molar-refractivity contribution in [2.45, 2.75) is 87.0 Å². The average molecular weight is 202 g/mol. The summed E-state index contributed by atoms with van der Waals surface area (Å²) in [7, 11) is 0. The van der Waals surface area contributed by atoms with Crippen LogP contribution in [0.25, 0.3) is 0 Å². The molecule has 14 heavy (non-hydrogen) atoms. The van der Waals surface area contributed by atoms with Gasteiger partial charge in [-0.1, -0.05) is 87.0 Å². The highest BCUT2D eigenvalue weighted by molar-refractivity contribution is 4.35. The summed E-state index contributed by atoms with van der Waals surface area (Å²) in [5, 5.41) is 0. The Labute approximate surface area is 93.5 Å². The van der Waals surface area contributed by atoms with E-state index in [9.17, 15) is 0 Å². The third-order valence-corrected chi connectivity index (χ3v) is 1.21. The van der Waals surface area contributed by atoms with Gasteiger partial charge in [-0.05, 0) is 5.92 Å². The van der Waals surface area contributed by atoms with Crippen LogP contribution in [-0.4, -0.2) is 0 Å². The van der Waals surface area contributed by atoms with Gasteiger partial charge in [0.2, 0.25) is 0 Å². The topological polar surface area (TPSA) is 0 Å². The normalized spacial score (nSPS) is 8.57. The van der Waals surface area contributed by atoms with Gasteiger partial charge >= 0.3 is 0 Å². The van der Waals surface area contributed by atoms with Crippen molar-refractivity contribution in [3.05, 3.63) is 0 Å². The van der Waals surface area contributed by atoms with Gasteiger partial charge in [-0.3, -0.25) is 0 Å². The first-order chi connectivity index (χ1) is 6.56. The molecule has 0 N–H and O–H groups in total. The Morgan fingerprint density at radius 3 is 1.00 bits per heavy atom. The van der Waals surface area contributed by atoms with Crippen LogP contribution in [-0.2, 0) is 0 Å². The minimum absolute atomic E-state index is 0.833. The van der Waals surface area contributed by atoms with E-state index in [1.165, 1.54) is 38.5 Å². The molecule has 0 saturated heterocycles. The van der Waals surface area contributed by atoms with Gasteiger partial charge in [0.15, 0.2) is 0 Å². The SMILES string of the molecule is CC(C)C.CCC.CCCCCCC. The molecule has 0 saturated carbocycles. The molecule has 0 unspecified atom stereocenters. The molecule has 0 aromatic rings. The maximum Gasteiger partial charge on any atom is -0.0500 e. The summed E-state index contributed by atoms with van der Waals surface area (Å²) in [6, 6.07) is 0. The first-order valence-corrected chi connectivity index (χ1v) is 6.56. The molecular formula is C14H34. The molecule has 0 aromatic heterocycles. The Morgan fingerprint density at radius 2 is 0.857 bits per heavy atom. The van der Waals surface area contributed by atoms with Crippen molar-refractivity contribution in [3.63, 3.8) is 0 Å². The second-order valence-electron chi connectivity index (χ2n) is 4.50. The third kappa shape index (κ3) is 90.8. The fourth-order valence-electron chi connectivity index (χ4n) is 0.677. The fourth-order valence-corrected chi connectivity index (χ4v) is 0.677. The summed E-state index contributed by atoms with van der Waals surface area (Å²) in [4.78, 5) is 0. The smallest absolute Gasteiger partial charge is 0.0500 e. The van der Waals surface area contributed by atoms with Crippen molar-refractivity contribution in [2.75, 3.05) is 0 Å². The Kier molecular flexibility index (Phi) is 32.3. The van der Waals surface area contributed by atoms with Crippen LogP contribution in [0.5, 0.6) is 0 Å². The molecule has 0 nitrogen and oxygen atoms in total. The van der Waals surface area contributed by atoms with Gasteiger partial charge in [0.05, 0.1) is 0 Å². The maximum atomic E-state index is 2.25. The minimum atomic E-state index is 0.833. The van der Waals surface area contributed by atoms with Gasteiger partial charge in [-0.15, -0.1) is 0 Å². The van der Waals surface area contributed by atoms with Gasteiger partial charge in [-0.25, -0.2) is 0 Å². The number of hydrogen-bond donors (Lipinski definition) is 0. The first-order valence-electron chi connectivity index (χ1n) is 6.56. The van der Waals surface area contributed by atoms with E-state index in [0.29, 0.717) is 0 Å². The third-order valence-electron chi connectivity index (χ3n) is 1.21. The molecule has 0 aromatic carbocycles. The van der Waals surface area contributed by atoms with E-state index in [1.54, 1.807) is 0 Å². The van der Waals surface area contributed by atoms with E-state index in [2.05, 4.69) is 48.5 Å². The van der Waals surface area contributed by atoms with Crippen molar-refractivity contribution in [3.8, 4) is 0 Å². The van der Waals surface area contributed by atoms with Crippen LogP contribution >= 0.6 is 0 Å². The molecule has 90 valence electrons. The number of hydrogen-bond acceptors (Lipinski definition) is 0. The lowest BCUT2D eigenvalue weighted by Crippen LogP contribution is -1.70. The minimum Gasteiger partial charge on any atom is -0.0656 e. The van der Waals surface area contributed by atoms with E-state index in [0.717, 1.165) is 5.92 Å². The summed E-state index contributed by atoms with van der Waals surface area (Å²) in [5.41, 5.74) is 0. The zero-order chi connectivity index (χ0) is 11.8. The summed E-state index contributed by atoms with van der Waals surface area (Å²) in [6.45, 7) is 15.2. The van der Waals surface area contributed by atoms with Gasteiger partial charge < -0.3 is 0 Å². The monoisotopic (exact) mass is 202 g/mol. The van der Waals surface area contributed by atoms with E-state index in [4.69, 9.17) is 0 Å². The van der Waals surface area contributed by atoms with Crippen LogP contribution in [0.2, 0.25) is 0 Å². The average Bonchev–Trinajstić information content (AvgIpc) is 2.06. The van der Waals surface area contributed by atoms with Crippen molar-refractivity contribution in [2.24, 2.45) is 5.92 Å². The lowest BCUT2D eigenvalue weighted by atomic mass is 10.2. The van der Waals surface area contributed by atoms with Gasteiger partial charge in [-0.2, -0.15) is 0 Å². The van der Waals surface area contributed by atoms with Crippen LogP contribution in [0.4, 0.5) is 0 Å². The largest absolute Gasteiger partial charge is 0.0656 e. The highest BCUT2D eigenvalue weighted by atomic mass is 13.9. The van der Waals surface area contributed by atoms with E-state index in [-0.39, 0.29) is 0 Å². The van der Waals surface area contributed by atoms with E-state index >= 15 is 0 Å². The van der Waals surface area contributed by atoms with Crippen LogP contribution < -0.4 is 0 Å². The summed E-state index contributed by atoms with van der Waals surface area (Å²) in [5.74, 6) is 0.833. The molecule has 0 spiro atoms. The Morgan fingerprint density at radius 1 is 0.643 bits per heavy atom. The Bertz CT molecular complexity index is 48.3. The molecule has 0 heterocycles. The van der Waals surface area contributed by atoms with Crippen molar-refractivity contribution in [1.82, 2.24) is 0 Å². The molecule has 0 atom stereocenters. The number of rotatable bonds is 4. The van der Waals surface area contributed by atoms with Crippen molar-refractivity contribution in [1.29, 1.82) is 0 Å². The predicted octanol–water partition coefficient (Wildman–Crippen LogP) is 6.06. The van der Waals surface area contributed by atoms with Gasteiger partial charge in [0.1, 0.15) is 0 Å². The lowest BCUT2D eigenvalue weighted by molar-refractivity contribution is 0.656. The zero-order valence-corrected chi connectivity index (χ0v) is 11.8. The molecular weight excluding hydrogens is 168 g/mol. The van der Waals surface area contributed by atoms with E-state index in [1.807, 2.05) is 0 Å². The van der Waals surface area contributed by atoms with Crippen molar-refractivity contribution >= 4 is 0 Å². The quantitative estimate of drug-likeness (QED) is 0.486. The lowest BCUT2D eigenvalue weighted by Gasteiger charge is -1.90. The van der Waals surface area contributed by atoms with Crippen molar-refractivity contribution < 1.29 is 0 Å². The molecule has 0 bridgehead atoms. The highest BCUT2D eigenvalue weighted by Gasteiger charge is 1.80. The first kappa shape index (κ1) is 19.6. The molecule has 0 rings (SSSR count). The molecule has 0 aliphatic rings. The highest BCUT2D eigenvalue weighted by Crippen LogP contribution is 2.00. The maximum absolute atomic E-state index is 2.25. The zero-order valence-electron chi connectivity index (χ0n) is 11.8. The fraction of sp³-hybridized carbons (Fsp3) is 1.00. The second-order valence-corrected chi connectivity index (χ2v) is 4.50. The number of unbranched alkanes of at least 4 members (excludes halogenated alkanes) is 4. The van der Waals surface area contributed by atoms with Gasteiger partial charge in [0.25, 0.3) is 0 Å². The second kappa shape index (κ2) is 23.1. The van der Waals surface area contributed by atoms with Crippen LogP contribution in [0.3, 0.4) is 0 Å². The summed E-state index contributed by atoms with van der Waals surface area (Å²) >= 11 is 0. The van der Waals surface area contributed by atoms with Crippen LogP contribution in [0, 0.1) is 5.92 Å². The summed E-state index contributed by atoms with van der Waals surface area (Å²) < 4.78 is 0. The van der Waals surface area contributed by atoms with E-state index < -0.39 is 0 Å². The summed E-state index contributed by atoms with van der Waals surface area (Å²) in [6.07, 6.45) is 8.26. The molecule has 0 fully saturated rings. The van der Waals surface area contributed by atoms with Crippen LogP contribution in [0.15, 0.2) is 0 Å².